The van der Waals surface area contributed by atoms with E-state index in [9.17, 15) is 9.59 Å². The number of amides is 2. The molecule has 102 valence electrons. The van der Waals surface area contributed by atoms with Crippen LogP contribution in [0.1, 0.15) is 43.7 Å². The largest absolute Gasteiger partial charge is 0.345 e. The standard InChI is InChI=1S/C15H20N2O2/c1-10(2)12-5-3-11(4-6-12)9-16-14(18)15(19)17-13-7-8-13/h3-6,10,13H,7-9H2,1-2H3,(H,16,18)(H,17,19). The second-order valence-electron chi connectivity index (χ2n) is 5.33. The van der Waals surface area contributed by atoms with Crippen LogP contribution in [0.3, 0.4) is 0 Å². The Hall–Kier alpha value is -1.84. The quantitative estimate of drug-likeness (QED) is 0.810. The van der Waals surface area contributed by atoms with Crippen molar-refractivity contribution in [3.8, 4) is 0 Å². The molecule has 1 aliphatic carbocycles. The molecule has 0 aliphatic heterocycles. The number of rotatable bonds is 4. The van der Waals surface area contributed by atoms with Crippen molar-refractivity contribution >= 4 is 11.8 Å². The SMILES string of the molecule is CC(C)c1ccc(CNC(=O)C(=O)NC2CC2)cc1. The van der Waals surface area contributed by atoms with Gasteiger partial charge in [-0.25, -0.2) is 0 Å². The summed E-state index contributed by atoms with van der Waals surface area (Å²) in [4.78, 5) is 23.0. The van der Waals surface area contributed by atoms with E-state index >= 15 is 0 Å². The van der Waals surface area contributed by atoms with Crippen molar-refractivity contribution in [2.45, 2.75) is 45.2 Å². The second kappa shape index (κ2) is 5.87. The first-order valence-electron chi connectivity index (χ1n) is 6.74. The van der Waals surface area contributed by atoms with Crippen molar-refractivity contribution in [3.63, 3.8) is 0 Å². The van der Waals surface area contributed by atoms with Crippen LogP contribution in [0.2, 0.25) is 0 Å². The minimum Gasteiger partial charge on any atom is -0.345 e. The van der Waals surface area contributed by atoms with Crippen LogP contribution in [0.5, 0.6) is 0 Å². The van der Waals surface area contributed by atoms with Gasteiger partial charge in [-0.3, -0.25) is 9.59 Å². The van der Waals surface area contributed by atoms with Crippen LogP contribution in [-0.4, -0.2) is 17.9 Å². The van der Waals surface area contributed by atoms with E-state index in [1.807, 2.05) is 12.1 Å². The molecule has 2 rings (SSSR count). The van der Waals surface area contributed by atoms with Crippen molar-refractivity contribution in [1.29, 1.82) is 0 Å². The van der Waals surface area contributed by atoms with Crippen LogP contribution in [0.4, 0.5) is 0 Å². The molecule has 0 bridgehead atoms. The van der Waals surface area contributed by atoms with E-state index in [1.165, 1.54) is 5.56 Å². The zero-order valence-corrected chi connectivity index (χ0v) is 11.4. The predicted octanol–water partition coefficient (Wildman–Crippen LogP) is 1.70. The van der Waals surface area contributed by atoms with Gasteiger partial charge in [-0.05, 0) is 29.9 Å². The Morgan fingerprint density at radius 3 is 2.32 bits per heavy atom. The van der Waals surface area contributed by atoms with Gasteiger partial charge in [0.2, 0.25) is 0 Å². The fourth-order valence-corrected chi connectivity index (χ4v) is 1.76. The lowest BCUT2D eigenvalue weighted by atomic mass is 10.0. The topological polar surface area (TPSA) is 58.2 Å². The molecule has 0 spiro atoms. The van der Waals surface area contributed by atoms with Crippen LogP contribution >= 0.6 is 0 Å². The van der Waals surface area contributed by atoms with Gasteiger partial charge < -0.3 is 10.6 Å². The molecule has 0 saturated heterocycles. The molecular formula is C15H20N2O2. The molecule has 2 amide bonds. The Morgan fingerprint density at radius 2 is 1.79 bits per heavy atom. The van der Waals surface area contributed by atoms with E-state index in [2.05, 4.69) is 36.6 Å². The molecule has 19 heavy (non-hydrogen) atoms. The van der Waals surface area contributed by atoms with Crippen LogP contribution in [0.25, 0.3) is 0 Å². The van der Waals surface area contributed by atoms with Gasteiger partial charge in [0.25, 0.3) is 0 Å². The third-order valence-electron chi connectivity index (χ3n) is 3.22. The predicted molar refractivity (Wildman–Crippen MR) is 73.5 cm³/mol. The average molecular weight is 260 g/mol. The van der Waals surface area contributed by atoms with Crippen molar-refractivity contribution < 1.29 is 9.59 Å². The Balaban J connectivity index is 1.80. The minimum absolute atomic E-state index is 0.212. The maximum atomic E-state index is 11.5. The van der Waals surface area contributed by atoms with Gasteiger partial charge in [-0.1, -0.05) is 38.1 Å². The van der Waals surface area contributed by atoms with Gasteiger partial charge in [0.05, 0.1) is 0 Å². The molecule has 2 N–H and O–H groups in total. The summed E-state index contributed by atoms with van der Waals surface area (Å²) in [6.07, 6.45) is 1.96. The molecule has 0 atom stereocenters. The maximum absolute atomic E-state index is 11.5. The summed E-state index contributed by atoms with van der Waals surface area (Å²) >= 11 is 0. The van der Waals surface area contributed by atoms with Crippen molar-refractivity contribution in [3.05, 3.63) is 35.4 Å². The maximum Gasteiger partial charge on any atom is 0.309 e. The Morgan fingerprint density at radius 1 is 1.16 bits per heavy atom. The van der Waals surface area contributed by atoms with E-state index < -0.39 is 11.8 Å². The number of hydrogen-bond acceptors (Lipinski definition) is 2. The minimum atomic E-state index is -0.556. The second-order valence-corrected chi connectivity index (χ2v) is 5.33. The number of carbonyl (C=O) groups is 2. The highest BCUT2D eigenvalue weighted by atomic mass is 16.2. The van der Waals surface area contributed by atoms with Crippen molar-refractivity contribution in [2.24, 2.45) is 0 Å². The van der Waals surface area contributed by atoms with Gasteiger partial charge in [0.1, 0.15) is 0 Å². The first-order valence-corrected chi connectivity index (χ1v) is 6.74. The van der Waals surface area contributed by atoms with Gasteiger partial charge in [0.15, 0.2) is 0 Å². The molecular weight excluding hydrogens is 240 g/mol. The van der Waals surface area contributed by atoms with Gasteiger partial charge in [-0.2, -0.15) is 0 Å². The van der Waals surface area contributed by atoms with Crippen molar-refractivity contribution in [1.82, 2.24) is 10.6 Å². The molecule has 0 heterocycles. The third-order valence-corrected chi connectivity index (χ3v) is 3.22. The summed E-state index contributed by atoms with van der Waals surface area (Å²) in [6.45, 7) is 4.66. The third kappa shape index (κ3) is 4.09. The summed E-state index contributed by atoms with van der Waals surface area (Å²) in [5.74, 6) is -0.589. The number of carbonyl (C=O) groups excluding carboxylic acids is 2. The molecule has 1 fully saturated rings. The van der Waals surface area contributed by atoms with Crippen LogP contribution < -0.4 is 10.6 Å². The van der Waals surface area contributed by atoms with Crippen molar-refractivity contribution in [2.75, 3.05) is 0 Å². The van der Waals surface area contributed by atoms with E-state index in [4.69, 9.17) is 0 Å². The molecule has 0 aromatic heterocycles. The molecule has 1 aromatic rings. The lowest BCUT2D eigenvalue weighted by Gasteiger charge is -2.08. The smallest absolute Gasteiger partial charge is 0.309 e. The van der Waals surface area contributed by atoms with E-state index in [-0.39, 0.29) is 6.04 Å². The van der Waals surface area contributed by atoms with E-state index in [0.717, 1.165) is 18.4 Å². The molecule has 1 saturated carbocycles. The van der Waals surface area contributed by atoms with E-state index in [1.54, 1.807) is 0 Å². The number of benzene rings is 1. The first-order chi connectivity index (χ1) is 9.06. The molecule has 0 unspecified atom stereocenters. The monoisotopic (exact) mass is 260 g/mol. The van der Waals surface area contributed by atoms with E-state index in [0.29, 0.717) is 12.5 Å². The van der Waals surface area contributed by atoms with Crippen LogP contribution in [-0.2, 0) is 16.1 Å². The lowest BCUT2D eigenvalue weighted by molar-refractivity contribution is -0.139. The normalized spacial score (nSPS) is 14.3. The summed E-state index contributed by atoms with van der Waals surface area (Å²) in [5.41, 5.74) is 2.26. The summed E-state index contributed by atoms with van der Waals surface area (Å²) in [6, 6.07) is 8.28. The molecule has 1 aromatic carbocycles. The summed E-state index contributed by atoms with van der Waals surface area (Å²) in [5, 5.41) is 5.29. The van der Waals surface area contributed by atoms with Crippen LogP contribution in [0, 0.1) is 0 Å². The zero-order chi connectivity index (χ0) is 13.8. The zero-order valence-electron chi connectivity index (χ0n) is 11.4. The highest BCUT2D eigenvalue weighted by Crippen LogP contribution is 2.18. The summed E-state index contributed by atoms with van der Waals surface area (Å²) in [7, 11) is 0. The highest BCUT2D eigenvalue weighted by Gasteiger charge is 2.26. The Bertz CT molecular complexity index is 462. The fraction of sp³-hybridized carbons (Fsp3) is 0.467. The van der Waals surface area contributed by atoms with Gasteiger partial charge in [-0.15, -0.1) is 0 Å². The first kappa shape index (κ1) is 13.6. The van der Waals surface area contributed by atoms with Crippen LogP contribution in [0.15, 0.2) is 24.3 Å². The molecule has 1 aliphatic rings. The summed E-state index contributed by atoms with van der Waals surface area (Å²) < 4.78 is 0. The fourth-order valence-electron chi connectivity index (χ4n) is 1.76. The number of hydrogen-bond donors (Lipinski definition) is 2. The lowest BCUT2D eigenvalue weighted by Crippen LogP contribution is -2.40. The van der Waals surface area contributed by atoms with Gasteiger partial charge in [0, 0.05) is 12.6 Å². The highest BCUT2D eigenvalue weighted by molar-refractivity contribution is 6.35. The Labute approximate surface area is 113 Å². The number of nitrogens with one attached hydrogen (secondary N) is 2. The average Bonchev–Trinajstić information content (AvgIpc) is 3.20. The molecule has 0 radical (unpaired) electrons. The Kier molecular flexibility index (Phi) is 4.20. The van der Waals surface area contributed by atoms with Gasteiger partial charge >= 0.3 is 11.8 Å². The molecule has 4 nitrogen and oxygen atoms in total. The molecule has 4 heteroatoms.